The van der Waals surface area contributed by atoms with E-state index in [4.69, 9.17) is 15.1 Å². The van der Waals surface area contributed by atoms with Crippen LogP contribution in [-0.4, -0.2) is 89.6 Å². The van der Waals surface area contributed by atoms with Crippen molar-refractivity contribution in [3.8, 4) is 17.3 Å². The molecule has 0 unspecified atom stereocenters. The molecule has 234 valence electrons. The molecule has 45 heavy (non-hydrogen) atoms. The molecular weight excluding hydrogens is 574 g/mol. The monoisotopic (exact) mass is 612 g/mol. The molecule has 4 aromatic rings. The molecule has 0 saturated carbocycles. The van der Waals surface area contributed by atoms with Crippen LogP contribution in [0, 0.1) is 17.0 Å². The first kappa shape index (κ1) is 29.3. The number of likely N-dealkylation sites (N-methyl/N-ethyl adjacent to an activating group) is 1. The van der Waals surface area contributed by atoms with E-state index in [0.717, 1.165) is 57.4 Å². The molecule has 9 nitrogen and oxygen atoms in total. The minimum Gasteiger partial charge on any atom is -0.461 e. The van der Waals surface area contributed by atoms with E-state index in [1.165, 1.54) is 6.07 Å². The highest BCUT2D eigenvalue weighted by Gasteiger charge is 2.45. The molecule has 2 N–H and O–H groups in total. The number of rotatable bonds is 6. The lowest BCUT2D eigenvalue weighted by molar-refractivity contribution is 0.108. The van der Waals surface area contributed by atoms with E-state index in [1.807, 2.05) is 14.1 Å². The molecule has 3 aliphatic heterocycles. The summed E-state index contributed by atoms with van der Waals surface area (Å²) < 4.78 is 38.2. The number of pyridine rings is 1. The molecular formula is C34H38F2N8O. The van der Waals surface area contributed by atoms with Gasteiger partial charge in [-0.05, 0) is 56.6 Å². The lowest BCUT2D eigenvalue weighted by Gasteiger charge is -2.31. The zero-order valence-corrected chi connectivity index (χ0v) is 25.7. The van der Waals surface area contributed by atoms with Crippen molar-refractivity contribution in [1.29, 1.82) is 5.41 Å². The molecule has 0 radical (unpaired) electrons. The number of nitrogens with zero attached hydrogens (tertiary/aromatic N) is 6. The molecule has 0 aliphatic carbocycles. The van der Waals surface area contributed by atoms with E-state index in [9.17, 15) is 0 Å². The van der Waals surface area contributed by atoms with Crippen molar-refractivity contribution < 1.29 is 13.5 Å². The Bertz CT molecular complexity index is 1790. The molecule has 2 aromatic heterocycles. The normalized spacial score (nSPS) is 19.1. The number of nitrogens with one attached hydrogen (secondary N) is 2. The number of anilines is 1. The molecule has 3 saturated heterocycles. The average molecular weight is 613 g/mol. The smallest absolute Gasteiger partial charge is 0.319 e. The van der Waals surface area contributed by atoms with Gasteiger partial charge in [0, 0.05) is 56.1 Å². The minimum atomic E-state index is -0.642. The van der Waals surface area contributed by atoms with Gasteiger partial charge in [-0.25, -0.2) is 8.78 Å². The van der Waals surface area contributed by atoms with Gasteiger partial charge in [-0.3, -0.25) is 15.3 Å². The quantitative estimate of drug-likeness (QED) is 0.222. The molecule has 0 bridgehead atoms. The van der Waals surface area contributed by atoms with E-state index in [1.54, 1.807) is 47.5 Å². The topological polar surface area (TPSA) is 93.5 Å². The van der Waals surface area contributed by atoms with Crippen LogP contribution in [0.3, 0.4) is 0 Å². The van der Waals surface area contributed by atoms with Gasteiger partial charge < -0.3 is 19.9 Å². The number of hydrogen-bond donors (Lipinski definition) is 2. The van der Waals surface area contributed by atoms with E-state index < -0.39 is 11.6 Å². The summed E-state index contributed by atoms with van der Waals surface area (Å²) in [6.07, 6.45) is 8.60. The fourth-order valence-corrected chi connectivity index (χ4v) is 7.10. The van der Waals surface area contributed by atoms with Gasteiger partial charge in [0.05, 0.1) is 17.5 Å². The molecule has 0 atom stereocenters. The highest BCUT2D eigenvalue weighted by atomic mass is 19.1. The molecule has 0 spiro atoms. The number of hydrogen-bond acceptors (Lipinski definition) is 8. The summed E-state index contributed by atoms with van der Waals surface area (Å²) in [6, 6.07) is 10.2. The Labute approximate surface area is 261 Å². The largest absolute Gasteiger partial charge is 0.461 e. The van der Waals surface area contributed by atoms with Crippen molar-refractivity contribution in [2.75, 3.05) is 58.3 Å². The second-order valence-corrected chi connectivity index (χ2v) is 12.5. The first-order valence-corrected chi connectivity index (χ1v) is 15.7. The third kappa shape index (κ3) is 5.43. The Balaban J connectivity index is 1.34. The first-order valence-electron chi connectivity index (χ1n) is 15.7. The van der Waals surface area contributed by atoms with Crippen LogP contribution in [0.2, 0.25) is 0 Å². The Kier molecular flexibility index (Phi) is 7.72. The summed E-state index contributed by atoms with van der Waals surface area (Å²) in [5.41, 5.74) is 1.32. The van der Waals surface area contributed by atoms with Crippen molar-refractivity contribution in [1.82, 2.24) is 30.1 Å². The van der Waals surface area contributed by atoms with Gasteiger partial charge in [0.15, 0.2) is 5.82 Å². The summed E-state index contributed by atoms with van der Waals surface area (Å²) in [6.45, 7) is 4.40. The van der Waals surface area contributed by atoms with E-state index >= 15 is 8.78 Å². The van der Waals surface area contributed by atoms with E-state index in [2.05, 4.69) is 25.1 Å². The van der Waals surface area contributed by atoms with Crippen LogP contribution in [0.25, 0.3) is 32.9 Å². The standard InChI is InChI=1S/C34H38F2N8O/c1-42(2)27(37)18-23-20-43(15-7-14-38-23)32-25-19-39-30(24-10-3-8-22-9-4-11-26(35)28(22)24)29(36)31(25)40-33(41-32)45-21-34-12-5-16-44(34)17-6-13-34/h3-4,8-11,18-19,37-38H,5-7,12-17,20-21H2,1-2H3/b23-18-,37-27?. The highest BCUT2D eigenvalue weighted by Crippen LogP contribution is 2.40. The predicted molar refractivity (Wildman–Crippen MR) is 173 cm³/mol. The maximum absolute atomic E-state index is 16.7. The fourth-order valence-electron chi connectivity index (χ4n) is 7.10. The Morgan fingerprint density at radius 1 is 1.07 bits per heavy atom. The molecule has 0 amide bonds. The van der Waals surface area contributed by atoms with Gasteiger partial charge in [0.1, 0.15) is 35.3 Å². The molecule has 5 heterocycles. The number of amidine groups is 1. The number of benzene rings is 2. The second kappa shape index (κ2) is 11.8. The maximum atomic E-state index is 16.7. The Morgan fingerprint density at radius 3 is 2.62 bits per heavy atom. The van der Waals surface area contributed by atoms with Gasteiger partial charge >= 0.3 is 6.01 Å². The van der Waals surface area contributed by atoms with Crippen LogP contribution in [0.1, 0.15) is 32.1 Å². The third-order valence-electron chi connectivity index (χ3n) is 9.44. The molecule has 3 aliphatic rings. The summed E-state index contributed by atoms with van der Waals surface area (Å²) in [4.78, 5) is 20.4. The summed E-state index contributed by atoms with van der Waals surface area (Å²) in [7, 11) is 3.66. The lowest BCUT2D eigenvalue weighted by Crippen LogP contribution is -2.43. The summed E-state index contributed by atoms with van der Waals surface area (Å²) >= 11 is 0. The summed E-state index contributed by atoms with van der Waals surface area (Å²) in [5, 5.41) is 13.2. The SMILES string of the molecule is CN(C)C(=N)/C=C1/CN(c2nc(OCC34CCCN3CCC4)nc3c(F)c(-c4cccc5cccc(F)c45)ncc23)CCCN1. The van der Waals surface area contributed by atoms with Crippen molar-refractivity contribution in [2.24, 2.45) is 0 Å². The minimum absolute atomic E-state index is 0.0303. The zero-order valence-electron chi connectivity index (χ0n) is 25.7. The van der Waals surface area contributed by atoms with Gasteiger partial charge in [0.2, 0.25) is 0 Å². The van der Waals surface area contributed by atoms with Crippen LogP contribution >= 0.6 is 0 Å². The van der Waals surface area contributed by atoms with Crippen LogP contribution in [0.15, 0.2) is 54.4 Å². The van der Waals surface area contributed by atoms with Crippen molar-refractivity contribution in [2.45, 2.75) is 37.6 Å². The average Bonchev–Trinajstić information content (AvgIpc) is 3.53. The van der Waals surface area contributed by atoms with Crippen LogP contribution < -0.4 is 15.0 Å². The maximum Gasteiger partial charge on any atom is 0.319 e. The van der Waals surface area contributed by atoms with Crippen molar-refractivity contribution in [3.05, 3.63) is 66.0 Å². The van der Waals surface area contributed by atoms with Crippen molar-refractivity contribution in [3.63, 3.8) is 0 Å². The van der Waals surface area contributed by atoms with Gasteiger partial charge in [-0.1, -0.05) is 30.3 Å². The zero-order chi connectivity index (χ0) is 31.1. The first-order chi connectivity index (χ1) is 21.8. The van der Waals surface area contributed by atoms with Crippen LogP contribution in [0.4, 0.5) is 14.6 Å². The highest BCUT2D eigenvalue weighted by molar-refractivity contribution is 5.99. The predicted octanol–water partition coefficient (Wildman–Crippen LogP) is 5.35. The van der Waals surface area contributed by atoms with E-state index in [0.29, 0.717) is 53.1 Å². The lowest BCUT2D eigenvalue weighted by atomic mass is 9.95. The van der Waals surface area contributed by atoms with Gasteiger partial charge in [0.25, 0.3) is 0 Å². The second-order valence-electron chi connectivity index (χ2n) is 12.5. The van der Waals surface area contributed by atoms with Crippen molar-refractivity contribution >= 4 is 33.3 Å². The van der Waals surface area contributed by atoms with Crippen LogP contribution in [0.5, 0.6) is 6.01 Å². The third-order valence-corrected chi connectivity index (χ3v) is 9.44. The Morgan fingerprint density at radius 2 is 1.84 bits per heavy atom. The van der Waals surface area contributed by atoms with Crippen LogP contribution in [-0.2, 0) is 0 Å². The number of ether oxygens (including phenoxy) is 1. The Hall–Kier alpha value is -4.38. The molecule has 2 aromatic carbocycles. The molecule has 3 fully saturated rings. The van der Waals surface area contributed by atoms with E-state index in [-0.39, 0.29) is 22.8 Å². The number of aromatic nitrogens is 3. The summed E-state index contributed by atoms with van der Waals surface area (Å²) in [5.74, 6) is -0.187. The molecule has 7 rings (SSSR count). The fraction of sp³-hybridized carbons (Fsp3) is 0.412. The van der Waals surface area contributed by atoms with Gasteiger partial charge in [-0.2, -0.15) is 9.97 Å². The number of halogens is 2. The molecule has 11 heteroatoms. The number of fused-ring (bicyclic) bond motifs is 3. The van der Waals surface area contributed by atoms with Gasteiger partial charge in [-0.15, -0.1) is 0 Å².